The molecule has 0 saturated heterocycles. The summed E-state index contributed by atoms with van der Waals surface area (Å²) >= 11 is 1.36. The second kappa shape index (κ2) is 8.03. The van der Waals surface area contributed by atoms with Gasteiger partial charge in [0.05, 0.1) is 12.1 Å². The van der Waals surface area contributed by atoms with Crippen molar-refractivity contribution < 1.29 is 19.1 Å². The summed E-state index contributed by atoms with van der Waals surface area (Å²) in [7, 11) is 1.28. The maximum atomic E-state index is 11.8. The Morgan fingerprint density at radius 2 is 2.05 bits per heavy atom. The Morgan fingerprint density at radius 3 is 2.55 bits per heavy atom. The molecule has 1 amide bonds. The Balaban J connectivity index is 2.63. The first kappa shape index (κ1) is 18.3. The molecule has 1 N–H and O–H groups in total. The summed E-state index contributed by atoms with van der Waals surface area (Å²) < 4.78 is 9.86. The van der Waals surface area contributed by atoms with Crippen molar-refractivity contribution in [3.8, 4) is 0 Å². The SMILES string of the molecule is COC(=O)[C@H](CSc1ccc(C)cn1)NC(=O)OC(C)(C)C. The molecule has 1 atom stereocenters. The summed E-state index contributed by atoms with van der Waals surface area (Å²) in [4.78, 5) is 27.8. The first-order valence-electron chi connectivity index (χ1n) is 6.84. The van der Waals surface area contributed by atoms with Crippen molar-refractivity contribution in [2.45, 2.75) is 44.4 Å². The van der Waals surface area contributed by atoms with Crippen molar-refractivity contribution in [3.63, 3.8) is 0 Å². The first-order chi connectivity index (χ1) is 10.2. The van der Waals surface area contributed by atoms with Gasteiger partial charge < -0.3 is 14.8 Å². The van der Waals surface area contributed by atoms with Gasteiger partial charge in [-0.2, -0.15) is 0 Å². The van der Waals surface area contributed by atoms with Crippen molar-refractivity contribution in [1.82, 2.24) is 10.3 Å². The number of esters is 1. The maximum Gasteiger partial charge on any atom is 0.408 e. The minimum atomic E-state index is -0.798. The van der Waals surface area contributed by atoms with E-state index in [0.717, 1.165) is 10.6 Å². The number of nitrogens with zero attached hydrogens (tertiary/aromatic N) is 1. The summed E-state index contributed by atoms with van der Waals surface area (Å²) in [5.41, 5.74) is 0.428. The number of ether oxygens (including phenoxy) is 2. The van der Waals surface area contributed by atoms with Gasteiger partial charge in [-0.25, -0.2) is 14.6 Å². The molecular formula is C15H22N2O4S. The monoisotopic (exact) mass is 326 g/mol. The summed E-state index contributed by atoms with van der Waals surface area (Å²) in [6.07, 6.45) is 1.09. The highest BCUT2D eigenvalue weighted by atomic mass is 32.2. The van der Waals surface area contributed by atoms with Gasteiger partial charge in [-0.15, -0.1) is 11.8 Å². The van der Waals surface area contributed by atoms with Gasteiger partial charge in [0.1, 0.15) is 11.6 Å². The summed E-state index contributed by atoms with van der Waals surface area (Å²) in [5.74, 6) is -0.215. The molecule has 0 aliphatic carbocycles. The molecule has 6 nitrogen and oxygen atoms in total. The molecule has 0 aliphatic rings. The van der Waals surface area contributed by atoms with Gasteiger partial charge >= 0.3 is 12.1 Å². The van der Waals surface area contributed by atoms with Crippen LogP contribution in [0.3, 0.4) is 0 Å². The number of aromatic nitrogens is 1. The Morgan fingerprint density at radius 1 is 1.36 bits per heavy atom. The van der Waals surface area contributed by atoms with E-state index in [1.807, 2.05) is 19.1 Å². The number of alkyl carbamates (subject to hydrolysis) is 1. The highest BCUT2D eigenvalue weighted by Gasteiger charge is 2.25. The molecule has 122 valence electrons. The second-order valence-electron chi connectivity index (χ2n) is 5.71. The fourth-order valence-corrected chi connectivity index (χ4v) is 2.32. The lowest BCUT2D eigenvalue weighted by Gasteiger charge is -2.22. The van der Waals surface area contributed by atoms with Gasteiger partial charge in [0.2, 0.25) is 0 Å². The molecule has 0 spiro atoms. The Labute approximate surface area is 135 Å². The molecule has 7 heteroatoms. The quantitative estimate of drug-likeness (QED) is 0.662. The van der Waals surface area contributed by atoms with Crippen LogP contribution in [0.2, 0.25) is 0 Å². The lowest BCUT2D eigenvalue weighted by atomic mass is 10.2. The molecular weight excluding hydrogens is 304 g/mol. The minimum Gasteiger partial charge on any atom is -0.467 e. The standard InChI is InChI=1S/C15H22N2O4S/c1-10-6-7-12(16-8-10)22-9-11(13(18)20-5)17-14(19)21-15(2,3)4/h6-8,11H,9H2,1-5H3,(H,17,19)/t11-/m0/s1. The zero-order chi connectivity index (χ0) is 16.8. The molecule has 0 bridgehead atoms. The van der Waals surface area contributed by atoms with Crippen molar-refractivity contribution >= 4 is 23.8 Å². The van der Waals surface area contributed by atoms with Crippen molar-refractivity contribution in [1.29, 1.82) is 0 Å². The van der Waals surface area contributed by atoms with Gasteiger partial charge in [0, 0.05) is 11.9 Å². The molecule has 0 unspecified atom stereocenters. The van der Waals surface area contributed by atoms with E-state index < -0.39 is 23.7 Å². The van der Waals surface area contributed by atoms with Crippen LogP contribution in [0.25, 0.3) is 0 Å². The predicted octanol–water partition coefficient (Wildman–Crippen LogP) is 2.55. The number of aryl methyl sites for hydroxylation is 1. The third-order valence-electron chi connectivity index (χ3n) is 2.46. The van der Waals surface area contributed by atoms with Crippen LogP contribution in [0.5, 0.6) is 0 Å². The highest BCUT2D eigenvalue weighted by Crippen LogP contribution is 2.17. The zero-order valence-corrected chi connectivity index (χ0v) is 14.3. The number of nitrogens with one attached hydrogen (secondary N) is 1. The fraction of sp³-hybridized carbons (Fsp3) is 0.533. The van der Waals surface area contributed by atoms with Crippen molar-refractivity contribution in [2.24, 2.45) is 0 Å². The molecule has 0 saturated carbocycles. The molecule has 1 aromatic heterocycles. The van der Waals surface area contributed by atoms with Crippen LogP contribution < -0.4 is 5.32 Å². The number of methoxy groups -OCH3 is 1. The normalized spacial score (nSPS) is 12.4. The molecule has 1 aromatic rings. The maximum absolute atomic E-state index is 11.8. The Hall–Kier alpha value is -1.76. The number of amides is 1. The van der Waals surface area contributed by atoms with Crippen LogP contribution in [-0.4, -0.2) is 41.6 Å². The van der Waals surface area contributed by atoms with Crippen LogP contribution in [0.4, 0.5) is 4.79 Å². The van der Waals surface area contributed by atoms with Crippen LogP contribution in [-0.2, 0) is 14.3 Å². The van der Waals surface area contributed by atoms with Gasteiger partial charge in [-0.1, -0.05) is 6.07 Å². The molecule has 0 radical (unpaired) electrons. The second-order valence-corrected chi connectivity index (χ2v) is 6.75. The minimum absolute atomic E-state index is 0.308. The molecule has 1 rings (SSSR count). The smallest absolute Gasteiger partial charge is 0.408 e. The number of carbonyl (C=O) groups is 2. The molecule has 22 heavy (non-hydrogen) atoms. The van der Waals surface area contributed by atoms with Crippen LogP contribution in [0.1, 0.15) is 26.3 Å². The van der Waals surface area contributed by atoms with E-state index in [-0.39, 0.29) is 0 Å². The summed E-state index contributed by atoms with van der Waals surface area (Å²) in [6, 6.07) is 3.00. The average Bonchev–Trinajstić information content (AvgIpc) is 2.42. The Bertz CT molecular complexity index is 511. The molecule has 1 heterocycles. The first-order valence-corrected chi connectivity index (χ1v) is 7.82. The van der Waals surface area contributed by atoms with Gasteiger partial charge in [0.25, 0.3) is 0 Å². The van der Waals surface area contributed by atoms with Crippen LogP contribution in [0.15, 0.2) is 23.4 Å². The zero-order valence-electron chi connectivity index (χ0n) is 13.5. The average molecular weight is 326 g/mol. The van der Waals surface area contributed by atoms with E-state index in [1.54, 1.807) is 27.0 Å². The molecule has 0 aliphatic heterocycles. The summed E-state index contributed by atoms with van der Waals surface area (Å²) in [5, 5.41) is 3.29. The van der Waals surface area contributed by atoms with E-state index in [4.69, 9.17) is 9.47 Å². The lowest BCUT2D eigenvalue weighted by molar-refractivity contribution is -0.142. The number of thioether (sulfide) groups is 1. The van der Waals surface area contributed by atoms with Gasteiger partial charge in [-0.3, -0.25) is 0 Å². The summed E-state index contributed by atoms with van der Waals surface area (Å²) in [6.45, 7) is 7.21. The Kier molecular flexibility index (Phi) is 6.67. The number of carbonyl (C=O) groups excluding carboxylic acids is 2. The molecule has 0 aromatic carbocycles. The van der Waals surface area contributed by atoms with Crippen LogP contribution in [0, 0.1) is 6.92 Å². The van der Waals surface area contributed by atoms with E-state index in [1.165, 1.54) is 18.9 Å². The van der Waals surface area contributed by atoms with Crippen LogP contribution >= 0.6 is 11.8 Å². The number of pyridine rings is 1. The van der Waals surface area contributed by atoms with E-state index >= 15 is 0 Å². The van der Waals surface area contributed by atoms with E-state index in [0.29, 0.717) is 5.75 Å². The van der Waals surface area contributed by atoms with Gasteiger partial charge in [0.15, 0.2) is 0 Å². The largest absolute Gasteiger partial charge is 0.467 e. The van der Waals surface area contributed by atoms with Crippen molar-refractivity contribution in [3.05, 3.63) is 23.9 Å². The number of rotatable bonds is 5. The predicted molar refractivity (Wildman–Crippen MR) is 84.9 cm³/mol. The third kappa shape index (κ3) is 6.80. The van der Waals surface area contributed by atoms with Crippen molar-refractivity contribution in [2.75, 3.05) is 12.9 Å². The topological polar surface area (TPSA) is 77.5 Å². The lowest BCUT2D eigenvalue weighted by Crippen LogP contribution is -2.45. The fourth-order valence-electron chi connectivity index (χ4n) is 1.47. The molecule has 0 fully saturated rings. The third-order valence-corrected chi connectivity index (χ3v) is 3.50. The van der Waals surface area contributed by atoms with Gasteiger partial charge in [-0.05, 0) is 39.3 Å². The highest BCUT2D eigenvalue weighted by molar-refractivity contribution is 7.99. The van der Waals surface area contributed by atoms with E-state index in [9.17, 15) is 9.59 Å². The number of hydrogen-bond donors (Lipinski definition) is 1. The number of hydrogen-bond acceptors (Lipinski definition) is 6. The van der Waals surface area contributed by atoms with E-state index in [2.05, 4.69) is 10.3 Å².